The lowest BCUT2D eigenvalue weighted by molar-refractivity contribution is 0.394. The third-order valence-electron chi connectivity index (χ3n) is 9.60. The first-order chi connectivity index (χ1) is 21.4. The van der Waals surface area contributed by atoms with Crippen LogP contribution in [0.15, 0.2) is 48.5 Å². The number of hydrogen-bond acceptors (Lipinski definition) is 6. The lowest BCUT2D eigenvalue weighted by Crippen LogP contribution is -2.17. The van der Waals surface area contributed by atoms with Crippen molar-refractivity contribution in [2.45, 2.75) is 110 Å². The summed E-state index contributed by atoms with van der Waals surface area (Å²) in [5.41, 5.74) is 9.29. The van der Waals surface area contributed by atoms with Crippen molar-refractivity contribution in [3.63, 3.8) is 0 Å². The van der Waals surface area contributed by atoms with E-state index in [9.17, 15) is 0 Å². The maximum atomic E-state index is 5.47. The van der Waals surface area contributed by atoms with Crippen LogP contribution in [0, 0.1) is 5.41 Å². The monoisotopic (exact) mass is 588 g/mol. The molecular weight excluding hydrogens is 544 g/mol. The number of hydrogen-bond donors (Lipinski definition) is 1. The molecule has 228 valence electrons. The summed E-state index contributed by atoms with van der Waals surface area (Å²) in [5, 5.41) is 24.7. The minimum Gasteiger partial charge on any atom is -0.322 e. The molecule has 0 radical (unpaired) electrons. The molecule has 7 rings (SSSR count). The van der Waals surface area contributed by atoms with Crippen LogP contribution >= 0.6 is 0 Å². The Morgan fingerprint density at radius 1 is 0.750 bits per heavy atom. The van der Waals surface area contributed by atoms with Crippen molar-refractivity contribution >= 4 is 11.0 Å². The van der Waals surface area contributed by atoms with Gasteiger partial charge in [0.25, 0.3) is 0 Å². The van der Waals surface area contributed by atoms with Crippen molar-refractivity contribution in [3.05, 3.63) is 71.3 Å². The van der Waals surface area contributed by atoms with E-state index in [1.54, 1.807) is 0 Å². The van der Waals surface area contributed by atoms with E-state index in [1.165, 1.54) is 81.0 Å². The molecule has 0 amide bonds. The number of imidazole rings is 1. The van der Waals surface area contributed by atoms with Crippen LogP contribution in [0.4, 0.5) is 0 Å². The molecule has 5 aromatic rings. The highest BCUT2D eigenvalue weighted by molar-refractivity contribution is 5.82. The van der Waals surface area contributed by atoms with Gasteiger partial charge >= 0.3 is 0 Å². The predicted molar refractivity (Wildman–Crippen MR) is 174 cm³/mol. The summed E-state index contributed by atoms with van der Waals surface area (Å²) in [6.07, 6.45) is 13.4. The molecule has 44 heavy (non-hydrogen) atoms. The van der Waals surface area contributed by atoms with E-state index in [4.69, 9.17) is 15.2 Å². The molecule has 0 bridgehead atoms. The van der Waals surface area contributed by atoms with Crippen molar-refractivity contribution < 1.29 is 0 Å². The van der Waals surface area contributed by atoms with E-state index in [2.05, 4.69) is 88.4 Å². The zero-order chi connectivity index (χ0) is 30.1. The van der Waals surface area contributed by atoms with Crippen molar-refractivity contribution in [3.8, 4) is 22.5 Å². The molecule has 8 nitrogen and oxygen atoms in total. The molecule has 3 aromatic heterocycles. The van der Waals surface area contributed by atoms with Gasteiger partial charge in [-0.3, -0.25) is 0 Å². The van der Waals surface area contributed by atoms with Crippen LogP contribution in [-0.4, -0.2) is 40.4 Å². The largest absolute Gasteiger partial charge is 0.322 e. The van der Waals surface area contributed by atoms with E-state index >= 15 is 0 Å². The fraction of sp³-hybridized carbons (Fsp3) is 0.500. The third-order valence-corrected chi connectivity index (χ3v) is 9.60. The lowest BCUT2D eigenvalue weighted by Gasteiger charge is -2.25. The van der Waals surface area contributed by atoms with Crippen molar-refractivity contribution in [2.24, 2.45) is 5.41 Å². The molecule has 0 unspecified atom stereocenters. The second kappa shape index (κ2) is 12.2. The van der Waals surface area contributed by atoms with Gasteiger partial charge in [-0.15, -0.1) is 5.10 Å². The van der Waals surface area contributed by atoms with Crippen LogP contribution in [-0.2, 0) is 13.0 Å². The fourth-order valence-electron chi connectivity index (χ4n) is 7.41. The number of H-pyrrole nitrogens is 1. The Morgan fingerprint density at radius 3 is 2.02 bits per heavy atom. The smallest absolute Gasteiger partial charge is 0.180 e. The van der Waals surface area contributed by atoms with Gasteiger partial charge in [-0.2, -0.15) is 10.2 Å². The first kappa shape index (κ1) is 28.8. The number of aromatic amines is 1. The molecule has 8 heteroatoms. The normalized spacial score (nSPS) is 17.0. The zero-order valence-corrected chi connectivity index (χ0v) is 26.4. The summed E-state index contributed by atoms with van der Waals surface area (Å²) in [7, 11) is 0. The molecule has 0 aliphatic heterocycles. The Labute approximate surface area is 260 Å². The second-order valence-electron chi connectivity index (χ2n) is 14.2. The topological polar surface area (TPSA) is 98.1 Å². The van der Waals surface area contributed by atoms with Gasteiger partial charge < -0.3 is 4.57 Å². The average molecular weight is 589 g/mol. The average Bonchev–Trinajstić information content (AvgIpc) is 3.70. The highest BCUT2D eigenvalue weighted by Crippen LogP contribution is 2.40. The van der Waals surface area contributed by atoms with Gasteiger partial charge in [-0.05, 0) is 58.2 Å². The SMILES string of the molecule is CC(C)(C)Cc1nc2c(C3CCCCC3)nnc(C3CCCCC3)c2n1Cc1ccc(-c2ccccc2-c2nnn[nH]2)cc1. The minimum atomic E-state index is 0.110. The van der Waals surface area contributed by atoms with Crippen LogP contribution in [0.3, 0.4) is 0 Å². The number of fused-ring (bicyclic) bond motifs is 1. The van der Waals surface area contributed by atoms with Gasteiger partial charge in [-0.1, -0.05) is 108 Å². The highest BCUT2D eigenvalue weighted by Gasteiger charge is 2.30. The first-order valence-corrected chi connectivity index (χ1v) is 16.6. The second-order valence-corrected chi connectivity index (χ2v) is 14.2. The predicted octanol–water partition coefficient (Wildman–Crippen LogP) is 8.41. The Balaban J connectivity index is 1.32. The number of aromatic nitrogens is 8. The van der Waals surface area contributed by atoms with Crippen molar-refractivity contribution in [2.75, 3.05) is 0 Å². The Hall–Kier alpha value is -3.94. The summed E-state index contributed by atoms with van der Waals surface area (Å²) in [6, 6.07) is 17.2. The molecule has 2 fully saturated rings. The van der Waals surface area contributed by atoms with Gasteiger partial charge in [0.1, 0.15) is 11.3 Å². The van der Waals surface area contributed by atoms with Gasteiger partial charge in [0, 0.05) is 30.4 Å². The molecule has 2 saturated carbocycles. The summed E-state index contributed by atoms with van der Waals surface area (Å²) in [6.45, 7) is 7.71. The highest BCUT2D eigenvalue weighted by atomic mass is 15.5. The summed E-state index contributed by atoms with van der Waals surface area (Å²) >= 11 is 0. The zero-order valence-electron chi connectivity index (χ0n) is 26.4. The standard InChI is InChI=1S/C36H44N8/c1-36(2,3)22-30-37-33-31(26-12-6-4-7-13-26)38-39-32(27-14-8-5-9-15-27)34(33)44(30)23-24-18-20-25(21-19-24)28-16-10-11-17-29(28)35-40-42-43-41-35/h10-11,16-21,26-27H,4-9,12-15,22-23H2,1-3H3,(H,40,41,42,43). The Morgan fingerprint density at radius 2 is 1.39 bits per heavy atom. The van der Waals surface area contributed by atoms with Gasteiger partial charge in [0.2, 0.25) is 0 Å². The van der Waals surface area contributed by atoms with Gasteiger partial charge in [0.15, 0.2) is 5.82 Å². The number of nitrogens with zero attached hydrogens (tertiary/aromatic N) is 7. The number of rotatable bonds is 7. The third kappa shape index (κ3) is 5.91. The maximum absolute atomic E-state index is 5.47. The minimum absolute atomic E-state index is 0.110. The molecule has 1 N–H and O–H groups in total. The molecule has 2 aromatic carbocycles. The molecule has 3 heterocycles. The number of nitrogens with one attached hydrogen (secondary N) is 1. The Bertz CT molecular complexity index is 1700. The van der Waals surface area contributed by atoms with E-state index in [0.29, 0.717) is 17.7 Å². The van der Waals surface area contributed by atoms with Crippen molar-refractivity contribution in [1.29, 1.82) is 0 Å². The summed E-state index contributed by atoms with van der Waals surface area (Å²) < 4.78 is 2.51. The molecule has 0 spiro atoms. The van der Waals surface area contributed by atoms with Gasteiger partial charge in [-0.25, -0.2) is 10.1 Å². The van der Waals surface area contributed by atoms with E-state index in [1.807, 2.05) is 6.07 Å². The fourth-order valence-corrected chi connectivity index (χ4v) is 7.41. The van der Waals surface area contributed by atoms with Crippen LogP contribution in [0.1, 0.15) is 120 Å². The van der Waals surface area contributed by atoms with E-state index in [0.717, 1.165) is 46.7 Å². The van der Waals surface area contributed by atoms with Crippen LogP contribution in [0.5, 0.6) is 0 Å². The van der Waals surface area contributed by atoms with Crippen molar-refractivity contribution in [1.82, 2.24) is 40.4 Å². The molecule has 0 atom stereocenters. The summed E-state index contributed by atoms with van der Waals surface area (Å²) in [5.74, 6) is 2.75. The molecular formula is C36H44N8. The molecule has 2 aliphatic rings. The van der Waals surface area contributed by atoms with Crippen LogP contribution in [0.25, 0.3) is 33.5 Å². The van der Waals surface area contributed by atoms with E-state index in [-0.39, 0.29) is 5.41 Å². The van der Waals surface area contributed by atoms with E-state index < -0.39 is 0 Å². The number of tetrazole rings is 1. The lowest BCUT2D eigenvalue weighted by atomic mass is 9.84. The van der Waals surface area contributed by atoms with Crippen LogP contribution in [0.2, 0.25) is 0 Å². The van der Waals surface area contributed by atoms with Crippen LogP contribution < -0.4 is 0 Å². The summed E-state index contributed by atoms with van der Waals surface area (Å²) in [4.78, 5) is 5.47. The first-order valence-electron chi connectivity index (χ1n) is 16.6. The Kier molecular flexibility index (Phi) is 8.00. The number of benzene rings is 2. The quantitative estimate of drug-likeness (QED) is 0.205. The maximum Gasteiger partial charge on any atom is 0.180 e. The molecule has 2 aliphatic carbocycles. The van der Waals surface area contributed by atoms with Gasteiger partial charge in [0.05, 0.1) is 16.9 Å². The molecule has 0 saturated heterocycles.